The number of benzene rings is 1. The van der Waals surface area contributed by atoms with E-state index in [2.05, 4.69) is 0 Å². The molecule has 1 aliphatic heterocycles. The van der Waals surface area contributed by atoms with Crippen LogP contribution in [0.4, 0.5) is 0 Å². The van der Waals surface area contributed by atoms with E-state index < -0.39 is 28.1 Å². The summed E-state index contributed by atoms with van der Waals surface area (Å²) in [5, 5.41) is 0. The van der Waals surface area contributed by atoms with E-state index in [0.717, 1.165) is 5.56 Å². The number of allylic oxidation sites excluding steroid dienone is 1. The highest BCUT2D eigenvalue weighted by Gasteiger charge is 2.40. The van der Waals surface area contributed by atoms with Crippen molar-refractivity contribution in [3.8, 4) is 0 Å². The maximum Gasteiger partial charge on any atom is 0.306 e. The molecule has 0 saturated carbocycles. The fraction of sp³-hybridized carbons (Fsp3) is 0.550. The van der Waals surface area contributed by atoms with E-state index in [1.54, 1.807) is 45.1 Å². The zero-order valence-electron chi connectivity index (χ0n) is 16.7. The van der Waals surface area contributed by atoms with Gasteiger partial charge >= 0.3 is 5.97 Å². The van der Waals surface area contributed by atoms with Crippen LogP contribution < -0.4 is 0 Å². The van der Waals surface area contributed by atoms with Gasteiger partial charge in [0.15, 0.2) is 5.79 Å². The Morgan fingerprint density at radius 1 is 1.21 bits per heavy atom. The summed E-state index contributed by atoms with van der Waals surface area (Å²) in [4.78, 5) is 11.5. The smallest absolute Gasteiger partial charge is 0.306 e. The van der Waals surface area contributed by atoms with Crippen molar-refractivity contribution in [2.45, 2.75) is 63.4 Å². The third-order valence-corrected chi connectivity index (χ3v) is 5.36. The lowest BCUT2D eigenvalue weighted by molar-refractivity contribution is -0.145. The third-order valence-electron chi connectivity index (χ3n) is 4.06. The molecule has 0 amide bonds. The topological polar surface area (TPSA) is 88.1 Å². The van der Waals surface area contributed by atoms with Crippen molar-refractivity contribution in [2.24, 2.45) is 0 Å². The molecule has 0 aliphatic carbocycles. The van der Waals surface area contributed by atoms with Gasteiger partial charge in [0.2, 0.25) is 0 Å². The van der Waals surface area contributed by atoms with Crippen LogP contribution in [-0.4, -0.2) is 45.6 Å². The van der Waals surface area contributed by atoms with E-state index >= 15 is 0 Å². The molecule has 1 heterocycles. The van der Waals surface area contributed by atoms with Gasteiger partial charge in [-0.1, -0.05) is 29.8 Å². The van der Waals surface area contributed by atoms with Gasteiger partial charge in [-0.05, 0) is 46.2 Å². The molecule has 1 aromatic carbocycles. The zero-order chi connectivity index (χ0) is 20.8. The van der Waals surface area contributed by atoms with E-state index in [-0.39, 0.29) is 23.9 Å². The van der Waals surface area contributed by atoms with Crippen molar-refractivity contribution in [1.29, 1.82) is 0 Å². The van der Waals surface area contributed by atoms with Gasteiger partial charge in [0.05, 0.1) is 18.1 Å². The largest absolute Gasteiger partial charge is 0.466 e. The van der Waals surface area contributed by atoms with Gasteiger partial charge in [-0.2, -0.15) is 8.42 Å². The highest BCUT2D eigenvalue weighted by atomic mass is 32.2. The van der Waals surface area contributed by atoms with Crippen LogP contribution in [0, 0.1) is 6.92 Å². The average Bonchev–Trinajstić information content (AvgIpc) is 2.91. The molecule has 2 rings (SSSR count). The van der Waals surface area contributed by atoms with Crippen molar-refractivity contribution in [2.75, 3.05) is 13.2 Å². The number of ether oxygens (including phenoxy) is 3. The van der Waals surface area contributed by atoms with Crippen LogP contribution in [0.2, 0.25) is 0 Å². The quantitative estimate of drug-likeness (QED) is 0.350. The molecular formula is C20H28O7S. The second-order valence-electron chi connectivity index (χ2n) is 6.96. The summed E-state index contributed by atoms with van der Waals surface area (Å²) >= 11 is 0. The van der Waals surface area contributed by atoms with E-state index in [1.165, 1.54) is 12.1 Å². The molecule has 1 saturated heterocycles. The predicted octanol–water partition coefficient (Wildman–Crippen LogP) is 3.12. The Kier molecular flexibility index (Phi) is 7.77. The summed E-state index contributed by atoms with van der Waals surface area (Å²) < 4.78 is 46.4. The SMILES string of the molecule is CCOC(=O)CC/C=C\[C@@H]1OC(C)(C)O[C@@H]1COS(=O)(=O)c1ccc(C)cc1. The molecule has 2 atom stereocenters. The van der Waals surface area contributed by atoms with E-state index in [1.807, 2.05) is 6.92 Å². The Hall–Kier alpha value is -1.74. The van der Waals surface area contributed by atoms with Crippen LogP contribution in [0.15, 0.2) is 41.3 Å². The van der Waals surface area contributed by atoms with Crippen LogP contribution in [0.5, 0.6) is 0 Å². The maximum atomic E-state index is 12.4. The summed E-state index contributed by atoms with van der Waals surface area (Å²) in [7, 11) is -3.89. The molecule has 0 bridgehead atoms. The number of hydrogen-bond acceptors (Lipinski definition) is 7. The molecule has 0 aromatic heterocycles. The number of rotatable bonds is 9. The lowest BCUT2D eigenvalue weighted by atomic mass is 10.2. The van der Waals surface area contributed by atoms with Gasteiger partial charge in [0, 0.05) is 6.42 Å². The molecule has 0 N–H and O–H groups in total. The molecule has 0 spiro atoms. The summed E-state index contributed by atoms with van der Waals surface area (Å²) in [6.07, 6.45) is 3.26. The summed E-state index contributed by atoms with van der Waals surface area (Å²) in [5.74, 6) is -1.13. The van der Waals surface area contributed by atoms with Crippen LogP contribution in [0.25, 0.3) is 0 Å². The van der Waals surface area contributed by atoms with E-state index in [0.29, 0.717) is 13.0 Å². The minimum Gasteiger partial charge on any atom is -0.466 e. The molecule has 1 aromatic rings. The van der Waals surface area contributed by atoms with Gasteiger partial charge in [0.1, 0.15) is 12.2 Å². The highest BCUT2D eigenvalue weighted by Crippen LogP contribution is 2.30. The minimum atomic E-state index is -3.89. The Labute approximate surface area is 166 Å². The van der Waals surface area contributed by atoms with Crippen LogP contribution in [0.1, 0.15) is 39.2 Å². The minimum absolute atomic E-state index is 0.0952. The first kappa shape index (κ1) is 22.5. The summed E-state index contributed by atoms with van der Waals surface area (Å²) in [6.45, 7) is 7.32. The van der Waals surface area contributed by atoms with Gasteiger partial charge in [-0.15, -0.1) is 0 Å². The second-order valence-corrected chi connectivity index (χ2v) is 8.58. The fourth-order valence-corrected chi connectivity index (χ4v) is 3.67. The number of hydrogen-bond donors (Lipinski definition) is 0. The normalized spacial score (nSPS) is 21.9. The lowest BCUT2D eigenvalue weighted by Crippen LogP contribution is -2.28. The molecule has 28 heavy (non-hydrogen) atoms. The van der Waals surface area contributed by atoms with E-state index in [4.69, 9.17) is 18.4 Å². The zero-order valence-corrected chi connectivity index (χ0v) is 17.5. The van der Waals surface area contributed by atoms with Crippen molar-refractivity contribution in [1.82, 2.24) is 0 Å². The predicted molar refractivity (Wildman–Crippen MR) is 103 cm³/mol. The van der Waals surface area contributed by atoms with Crippen LogP contribution in [-0.2, 0) is 33.3 Å². The maximum absolute atomic E-state index is 12.4. The number of carbonyl (C=O) groups is 1. The van der Waals surface area contributed by atoms with Crippen molar-refractivity contribution >= 4 is 16.1 Å². The monoisotopic (exact) mass is 412 g/mol. The molecule has 1 fully saturated rings. The summed E-state index contributed by atoms with van der Waals surface area (Å²) in [5.41, 5.74) is 0.959. The third kappa shape index (κ3) is 6.70. The van der Waals surface area contributed by atoms with Crippen LogP contribution in [0.3, 0.4) is 0 Å². The first-order chi connectivity index (χ1) is 13.1. The van der Waals surface area contributed by atoms with Gasteiger partial charge < -0.3 is 14.2 Å². The lowest BCUT2D eigenvalue weighted by Gasteiger charge is -2.16. The van der Waals surface area contributed by atoms with Crippen molar-refractivity contribution in [3.63, 3.8) is 0 Å². The number of aryl methyl sites for hydroxylation is 1. The second kappa shape index (κ2) is 9.65. The van der Waals surface area contributed by atoms with Crippen molar-refractivity contribution < 1.29 is 31.6 Å². The van der Waals surface area contributed by atoms with Gasteiger partial charge in [0.25, 0.3) is 10.1 Å². The molecular weight excluding hydrogens is 384 g/mol. The molecule has 8 heteroatoms. The first-order valence-corrected chi connectivity index (χ1v) is 10.7. The first-order valence-electron chi connectivity index (χ1n) is 9.27. The average molecular weight is 413 g/mol. The van der Waals surface area contributed by atoms with E-state index in [9.17, 15) is 13.2 Å². The molecule has 0 radical (unpaired) electrons. The van der Waals surface area contributed by atoms with Crippen molar-refractivity contribution in [3.05, 3.63) is 42.0 Å². The fourth-order valence-electron chi connectivity index (χ4n) is 2.75. The molecule has 7 nitrogen and oxygen atoms in total. The van der Waals surface area contributed by atoms with Gasteiger partial charge in [-0.3, -0.25) is 8.98 Å². The molecule has 156 valence electrons. The number of carbonyl (C=O) groups excluding carboxylic acids is 1. The summed E-state index contributed by atoms with van der Waals surface area (Å²) in [6, 6.07) is 6.44. The van der Waals surface area contributed by atoms with Gasteiger partial charge in [-0.25, -0.2) is 0 Å². The Morgan fingerprint density at radius 3 is 2.54 bits per heavy atom. The molecule has 1 aliphatic rings. The number of esters is 1. The highest BCUT2D eigenvalue weighted by molar-refractivity contribution is 7.86. The Morgan fingerprint density at radius 2 is 1.89 bits per heavy atom. The van der Waals surface area contributed by atoms with Crippen LogP contribution >= 0.6 is 0 Å². The molecule has 0 unspecified atom stereocenters. The standard InChI is InChI=1S/C20H28O7S/c1-5-24-19(21)9-7-6-8-17-18(27-20(3,4)26-17)14-25-28(22,23)16-12-10-15(2)11-13-16/h6,8,10-13,17-18H,5,7,9,14H2,1-4H3/b8-6-/t17-,18+/m0/s1. The Balaban J connectivity index is 1.95. The Bertz CT molecular complexity index is 781.